The summed E-state index contributed by atoms with van der Waals surface area (Å²) in [6.07, 6.45) is 6.64. The lowest BCUT2D eigenvalue weighted by atomic mass is 9.83. The minimum Gasteiger partial charge on any atom is -0.310 e. The van der Waals surface area contributed by atoms with Crippen molar-refractivity contribution in [1.29, 1.82) is 0 Å². The molecule has 19 heavy (non-hydrogen) atoms. The fourth-order valence-corrected chi connectivity index (χ4v) is 3.47. The zero-order valence-corrected chi connectivity index (χ0v) is 12.8. The molecule has 1 N–H and O–H groups in total. The van der Waals surface area contributed by atoms with Crippen molar-refractivity contribution in [3.05, 3.63) is 35.4 Å². The highest BCUT2D eigenvalue weighted by molar-refractivity contribution is 5.31. The number of nitrogens with one attached hydrogen (secondary N) is 1. The highest BCUT2D eigenvalue weighted by Gasteiger charge is 2.27. The van der Waals surface area contributed by atoms with Crippen LogP contribution in [0.15, 0.2) is 24.3 Å². The second-order valence-corrected chi connectivity index (χ2v) is 6.14. The monoisotopic (exact) mass is 259 g/mol. The molecule has 3 unspecified atom stereocenters. The third-order valence-corrected chi connectivity index (χ3v) is 4.71. The summed E-state index contributed by atoms with van der Waals surface area (Å²) in [4.78, 5) is 0. The van der Waals surface area contributed by atoms with E-state index < -0.39 is 0 Å². The molecule has 1 aromatic carbocycles. The van der Waals surface area contributed by atoms with Gasteiger partial charge >= 0.3 is 0 Å². The molecule has 0 aliphatic heterocycles. The molecule has 0 aromatic heterocycles. The number of hydrogen-bond donors (Lipinski definition) is 1. The normalized spacial score (nSPS) is 24.6. The van der Waals surface area contributed by atoms with Crippen molar-refractivity contribution in [2.24, 2.45) is 11.8 Å². The van der Waals surface area contributed by atoms with Crippen LogP contribution in [0.5, 0.6) is 0 Å². The smallest absolute Gasteiger partial charge is 0.0351 e. The molecule has 106 valence electrons. The van der Waals surface area contributed by atoms with Gasteiger partial charge in [0.15, 0.2) is 0 Å². The van der Waals surface area contributed by atoms with Gasteiger partial charge in [-0.3, -0.25) is 0 Å². The average molecular weight is 259 g/mol. The average Bonchev–Trinajstić information content (AvgIpc) is 2.60. The molecule has 0 saturated heterocycles. The second-order valence-electron chi connectivity index (χ2n) is 6.14. The Kier molecular flexibility index (Phi) is 5.45. The van der Waals surface area contributed by atoms with Crippen molar-refractivity contribution < 1.29 is 0 Å². The van der Waals surface area contributed by atoms with E-state index in [-0.39, 0.29) is 0 Å². The van der Waals surface area contributed by atoms with Crippen LogP contribution in [0.3, 0.4) is 0 Å². The Bertz CT molecular complexity index is 385. The third kappa shape index (κ3) is 3.60. The van der Waals surface area contributed by atoms with Gasteiger partial charge in [-0.25, -0.2) is 0 Å². The maximum absolute atomic E-state index is 3.76. The van der Waals surface area contributed by atoms with Crippen LogP contribution in [0.25, 0.3) is 0 Å². The first-order valence-corrected chi connectivity index (χ1v) is 8.07. The summed E-state index contributed by atoms with van der Waals surface area (Å²) < 4.78 is 0. The van der Waals surface area contributed by atoms with E-state index in [1.165, 1.54) is 32.1 Å². The fourth-order valence-electron chi connectivity index (χ4n) is 3.47. The van der Waals surface area contributed by atoms with E-state index in [9.17, 15) is 0 Å². The molecular weight excluding hydrogens is 230 g/mol. The molecule has 1 aliphatic carbocycles. The fraction of sp³-hybridized carbons (Fsp3) is 0.667. The van der Waals surface area contributed by atoms with E-state index in [0.29, 0.717) is 6.04 Å². The van der Waals surface area contributed by atoms with Crippen LogP contribution in [0.1, 0.15) is 63.6 Å². The van der Waals surface area contributed by atoms with Crippen molar-refractivity contribution >= 4 is 0 Å². The summed E-state index contributed by atoms with van der Waals surface area (Å²) in [5.41, 5.74) is 3.13. The molecule has 0 heterocycles. The molecule has 1 aromatic rings. The van der Waals surface area contributed by atoms with Gasteiger partial charge in [-0.15, -0.1) is 0 Å². The molecular formula is C18H29N. The van der Waals surface area contributed by atoms with E-state index in [2.05, 4.69) is 50.4 Å². The van der Waals surface area contributed by atoms with Crippen LogP contribution in [0.2, 0.25) is 0 Å². The molecule has 0 spiro atoms. The van der Waals surface area contributed by atoms with Gasteiger partial charge < -0.3 is 5.32 Å². The summed E-state index contributed by atoms with van der Waals surface area (Å²) in [5.74, 6) is 1.65. The lowest BCUT2D eigenvalue weighted by molar-refractivity contribution is 0.283. The molecule has 0 radical (unpaired) electrons. The summed E-state index contributed by atoms with van der Waals surface area (Å²) in [6, 6.07) is 9.63. The minimum absolute atomic E-state index is 0.567. The van der Waals surface area contributed by atoms with Gasteiger partial charge in [-0.05, 0) is 55.2 Å². The van der Waals surface area contributed by atoms with Gasteiger partial charge in [0.1, 0.15) is 0 Å². The van der Waals surface area contributed by atoms with Crippen LogP contribution in [0.4, 0.5) is 0 Å². The molecule has 1 heteroatoms. The van der Waals surface area contributed by atoms with E-state index in [4.69, 9.17) is 0 Å². The van der Waals surface area contributed by atoms with Crippen LogP contribution < -0.4 is 5.32 Å². The van der Waals surface area contributed by atoms with Crippen LogP contribution >= 0.6 is 0 Å². The van der Waals surface area contributed by atoms with Gasteiger partial charge in [0.2, 0.25) is 0 Å². The number of benzene rings is 1. The second kappa shape index (κ2) is 7.09. The van der Waals surface area contributed by atoms with Crippen molar-refractivity contribution in [3.63, 3.8) is 0 Å². The largest absolute Gasteiger partial charge is 0.310 e. The first-order valence-electron chi connectivity index (χ1n) is 8.07. The van der Waals surface area contributed by atoms with Crippen molar-refractivity contribution in [3.8, 4) is 0 Å². The lowest BCUT2D eigenvalue weighted by Crippen LogP contribution is -2.29. The minimum atomic E-state index is 0.567. The Hall–Kier alpha value is -0.820. The molecule has 0 bridgehead atoms. The zero-order valence-electron chi connectivity index (χ0n) is 12.8. The van der Waals surface area contributed by atoms with Gasteiger partial charge in [0.05, 0.1) is 0 Å². The molecule has 3 atom stereocenters. The predicted molar refractivity (Wildman–Crippen MR) is 83.4 cm³/mol. The molecule has 2 rings (SSSR count). The van der Waals surface area contributed by atoms with Crippen molar-refractivity contribution in [1.82, 2.24) is 5.32 Å². The van der Waals surface area contributed by atoms with E-state index in [1.807, 2.05) is 0 Å². The molecule has 1 nitrogen and oxygen atoms in total. The molecule has 0 amide bonds. The first kappa shape index (κ1) is 14.6. The van der Waals surface area contributed by atoms with Gasteiger partial charge in [0, 0.05) is 6.04 Å². The Balaban J connectivity index is 2.24. The van der Waals surface area contributed by atoms with Gasteiger partial charge in [-0.2, -0.15) is 0 Å². The predicted octanol–water partition coefficient (Wildman–Crippen LogP) is 4.73. The highest BCUT2D eigenvalue weighted by Crippen LogP contribution is 2.37. The zero-order chi connectivity index (χ0) is 13.7. The SMILES string of the molecule is CCNC1c2ccccc2CCCC1CC(C)CC. The van der Waals surface area contributed by atoms with Crippen molar-refractivity contribution in [2.45, 2.75) is 58.9 Å². The van der Waals surface area contributed by atoms with Crippen LogP contribution in [0, 0.1) is 11.8 Å². The quantitative estimate of drug-likeness (QED) is 0.754. The standard InChI is InChI=1S/C18H29N/c1-4-14(3)13-16-11-8-10-15-9-6-7-12-17(15)18(16)19-5-2/h6-7,9,12,14,16,18-19H,4-5,8,10-11,13H2,1-3H3. The van der Waals surface area contributed by atoms with Gasteiger partial charge in [0.25, 0.3) is 0 Å². The number of rotatable bonds is 5. The number of aryl methyl sites for hydroxylation is 1. The van der Waals surface area contributed by atoms with Crippen molar-refractivity contribution in [2.75, 3.05) is 6.54 Å². The van der Waals surface area contributed by atoms with E-state index >= 15 is 0 Å². The summed E-state index contributed by atoms with van der Waals surface area (Å²) in [6.45, 7) is 8.02. The van der Waals surface area contributed by atoms with E-state index in [1.54, 1.807) is 11.1 Å². The summed E-state index contributed by atoms with van der Waals surface area (Å²) >= 11 is 0. The lowest BCUT2D eigenvalue weighted by Gasteiger charge is -2.29. The maximum Gasteiger partial charge on any atom is 0.0351 e. The Morgan fingerprint density at radius 1 is 1.26 bits per heavy atom. The topological polar surface area (TPSA) is 12.0 Å². The molecule has 0 fully saturated rings. The summed E-state index contributed by atoms with van der Waals surface area (Å²) in [7, 11) is 0. The Labute approximate surface area is 118 Å². The molecule has 1 aliphatic rings. The Morgan fingerprint density at radius 2 is 2.05 bits per heavy atom. The first-order chi connectivity index (χ1) is 9.26. The summed E-state index contributed by atoms with van der Waals surface area (Å²) in [5, 5.41) is 3.76. The van der Waals surface area contributed by atoms with Gasteiger partial charge in [-0.1, -0.05) is 51.5 Å². The van der Waals surface area contributed by atoms with Crippen LogP contribution in [-0.4, -0.2) is 6.54 Å². The maximum atomic E-state index is 3.76. The molecule has 0 saturated carbocycles. The van der Waals surface area contributed by atoms with E-state index in [0.717, 1.165) is 18.4 Å². The highest BCUT2D eigenvalue weighted by atomic mass is 14.9. The Morgan fingerprint density at radius 3 is 2.79 bits per heavy atom. The number of hydrogen-bond acceptors (Lipinski definition) is 1. The van der Waals surface area contributed by atoms with Crippen LogP contribution in [-0.2, 0) is 6.42 Å². The number of fused-ring (bicyclic) bond motifs is 1. The third-order valence-electron chi connectivity index (χ3n) is 4.71.